The first-order valence-electron chi connectivity index (χ1n) is 8.10. The number of pyridine rings is 2. The number of fused-ring (bicyclic) bond motifs is 1. The second-order valence-corrected chi connectivity index (χ2v) is 6.24. The summed E-state index contributed by atoms with van der Waals surface area (Å²) >= 11 is 0. The molecule has 4 rings (SSSR count). The number of hydrogen-bond acceptors (Lipinski definition) is 2. The van der Waals surface area contributed by atoms with Gasteiger partial charge in [0.2, 0.25) is 0 Å². The molecule has 0 atom stereocenters. The van der Waals surface area contributed by atoms with Gasteiger partial charge in [0.1, 0.15) is 0 Å². The van der Waals surface area contributed by atoms with E-state index in [1.807, 2.05) is 25.4 Å². The highest BCUT2D eigenvalue weighted by atomic mass is 14.7. The Kier molecular flexibility index (Phi) is 3.42. The van der Waals surface area contributed by atoms with E-state index in [4.69, 9.17) is 0 Å². The fraction of sp³-hybridized carbons (Fsp3) is 0.143. The lowest BCUT2D eigenvalue weighted by Crippen LogP contribution is -1.90. The second kappa shape index (κ2) is 5.60. The van der Waals surface area contributed by atoms with E-state index >= 15 is 0 Å². The van der Waals surface area contributed by atoms with Crippen LogP contribution in [0.2, 0.25) is 0 Å². The Morgan fingerprint density at radius 2 is 1.62 bits per heavy atom. The molecule has 4 aromatic rings. The molecule has 3 heterocycles. The Morgan fingerprint density at radius 1 is 0.792 bits per heavy atom. The number of rotatable bonds is 2. The van der Waals surface area contributed by atoms with Crippen LogP contribution in [0.5, 0.6) is 0 Å². The van der Waals surface area contributed by atoms with Gasteiger partial charge < -0.3 is 4.98 Å². The minimum Gasteiger partial charge on any atom is -0.355 e. The van der Waals surface area contributed by atoms with E-state index < -0.39 is 0 Å². The van der Waals surface area contributed by atoms with Crippen LogP contribution in [-0.2, 0) is 0 Å². The van der Waals surface area contributed by atoms with E-state index in [0.717, 1.165) is 28.2 Å². The molecular weight excluding hydrogens is 294 g/mol. The summed E-state index contributed by atoms with van der Waals surface area (Å²) in [6.07, 6.45) is 3.73. The number of benzene rings is 1. The minimum atomic E-state index is 1.02. The first-order valence-corrected chi connectivity index (χ1v) is 8.10. The summed E-state index contributed by atoms with van der Waals surface area (Å²) in [4.78, 5) is 12.1. The largest absolute Gasteiger partial charge is 0.355 e. The molecule has 1 N–H and O–H groups in total. The van der Waals surface area contributed by atoms with Gasteiger partial charge in [-0.25, -0.2) is 0 Å². The van der Waals surface area contributed by atoms with E-state index in [9.17, 15) is 0 Å². The number of H-pyrrole nitrogens is 1. The van der Waals surface area contributed by atoms with Crippen LogP contribution in [0.15, 0.2) is 54.9 Å². The van der Waals surface area contributed by atoms with E-state index in [1.54, 1.807) is 0 Å². The normalized spacial score (nSPS) is 11.1. The summed E-state index contributed by atoms with van der Waals surface area (Å²) in [5.74, 6) is 0. The molecule has 0 spiro atoms. The maximum absolute atomic E-state index is 4.37. The third-order valence-electron chi connectivity index (χ3n) is 4.60. The first kappa shape index (κ1) is 14.6. The highest BCUT2D eigenvalue weighted by molar-refractivity contribution is 5.90. The zero-order chi connectivity index (χ0) is 16.7. The Hall–Kier alpha value is -2.94. The lowest BCUT2D eigenvalue weighted by Gasteiger charge is -2.08. The van der Waals surface area contributed by atoms with Crippen molar-refractivity contribution in [1.82, 2.24) is 15.0 Å². The van der Waals surface area contributed by atoms with Gasteiger partial charge in [0, 0.05) is 45.9 Å². The van der Waals surface area contributed by atoms with Gasteiger partial charge >= 0.3 is 0 Å². The molecule has 0 radical (unpaired) electrons. The van der Waals surface area contributed by atoms with Crippen molar-refractivity contribution >= 4 is 10.9 Å². The van der Waals surface area contributed by atoms with Gasteiger partial charge in [0.15, 0.2) is 0 Å². The molecule has 3 heteroatoms. The predicted octanol–water partition coefficient (Wildman–Crippen LogP) is 5.22. The highest BCUT2D eigenvalue weighted by Gasteiger charge is 2.08. The van der Waals surface area contributed by atoms with Crippen LogP contribution >= 0.6 is 0 Å². The van der Waals surface area contributed by atoms with E-state index in [-0.39, 0.29) is 0 Å². The Balaban J connectivity index is 1.83. The van der Waals surface area contributed by atoms with Gasteiger partial charge in [-0.3, -0.25) is 9.97 Å². The molecular formula is C21H19N3. The molecule has 0 saturated heterocycles. The summed E-state index contributed by atoms with van der Waals surface area (Å²) in [7, 11) is 0. The summed E-state index contributed by atoms with van der Waals surface area (Å²) in [5.41, 5.74) is 9.23. The van der Waals surface area contributed by atoms with Crippen LogP contribution < -0.4 is 0 Å². The van der Waals surface area contributed by atoms with E-state index in [2.05, 4.69) is 65.2 Å². The van der Waals surface area contributed by atoms with Crippen molar-refractivity contribution in [2.45, 2.75) is 20.8 Å². The van der Waals surface area contributed by atoms with Crippen molar-refractivity contribution in [2.75, 3.05) is 0 Å². The second-order valence-electron chi connectivity index (χ2n) is 6.24. The molecule has 118 valence electrons. The molecule has 0 aliphatic heterocycles. The summed E-state index contributed by atoms with van der Waals surface area (Å²) in [6, 6.07) is 15.0. The number of aryl methyl sites for hydroxylation is 2. The SMILES string of the molecule is Cc1cc(-c2cc3cc(-c4ccnc(C)c4C)ccc3[nH]2)ccn1. The molecule has 3 nitrogen and oxygen atoms in total. The predicted molar refractivity (Wildman–Crippen MR) is 99.0 cm³/mol. The van der Waals surface area contributed by atoms with Crippen LogP contribution in [0.4, 0.5) is 0 Å². The number of aromatic amines is 1. The monoisotopic (exact) mass is 313 g/mol. The van der Waals surface area contributed by atoms with Gasteiger partial charge in [-0.2, -0.15) is 0 Å². The minimum absolute atomic E-state index is 1.02. The quantitative estimate of drug-likeness (QED) is 0.551. The molecule has 0 aliphatic rings. The van der Waals surface area contributed by atoms with Crippen molar-refractivity contribution in [3.05, 3.63) is 71.8 Å². The standard InChI is InChI=1S/C21H19N3/c1-13-10-17(6-8-22-13)21-12-18-11-16(4-5-20(18)24-21)19-7-9-23-15(3)14(19)2/h4-12,24H,1-3H3. The first-order chi connectivity index (χ1) is 11.6. The van der Waals surface area contributed by atoms with Gasteiger partial charge in [0.05, 0.1) is 0 Å². The lowest BCUT2D eigenvalue weighted by atomic mass is 9.99. The summed E-state index contributed by atoms with van der Waals surface area (Å²) in [5, 5.41) is 1.21. The van der Waals surface area contributed by atoms with Gasteiger partial charge in [-0.1, -0.05) is 6.07 Å². The van der Waals surface area contributed by atoms with Crippen molar-refractivity contribution < 1.29 is 0 Å². The van der Waals surface area contributed by atoms with Crippen LogP contribution in [0.25, 0.3) is 33.3 Å². The van der Waals surface area contributed by atoms with Crippen LogP contribution in [0.1, 0.15) is 17.0 Å². The third-order valence-corrected chi connectivity index (χ3v) is 4.60. The molecule has 3 aromatic heterocycles. The Morgan fingerprint density at radius 3 is 2.46 bits per heavy atom. The Labute approximate surface area is 141 Å². The molecule has 1 aromatic carbocycles. The Bertz CT molecular complexity index is 1040. The van der Waals surface area contributed by atoms with E-state index in [0.29, 0.717) is 0 Å². The zero-order valence-corrected chi connectivity index (χ0v) is 14.1. The smallest absolute Gasteiger partial charge is 0.0466 e. The number of nitrogens with zero attached hydrogens (tertiary/aromatic N) is 2. The lowest BCUT2D eigenvalue weighted by molar-refractivity contribution is 1.15. The highest BCUT2D eigenvalue weighted by Crippen LogP contribution is 2.30. The average Bonchev–Trinajstić information content (AvgIpc) is 3.00. The van der Waals surface area contributed by atoms with Crippen LogP contribution in [0.3, 0.4) is 0 Å². The van der Waals surface area contributed by atoms with Gasteiger partial charge in [0.25, 0.3) is 0 Å². The fourth-order valence-corrected chi connectivity index (χ4v) is 3.12. The molecule has 0 bridgehead atoms. The van der Waals surface area contributed by atoms with Gasteiger partial charge in [-0.15, -0.1) is 0 Å². The molecule has 24 heavy (non-hydrogen) atoms. The zero-order valence-electron chi connectivity index (χ0n) is 14.1. The molecule has 0 aliphatic carbocycles. The van der Waals surface area contributed by atoms with Crippen molar-refractivity contribution in [2.24, 2.45) is 0 Å². The average molecular weight is 313 g/mol. The van der Waals surface area contributed by atoms with Crippen molar-refractivity contribution in [3.8, 4) is 22.4 Å². The maximum atomic E-state index is 4.37. The fourth-order valence-electron chi connectivity index (χ4n) is 3.12. The topological polar surface area (TPSA) is 41.6 Å². The summed E-state index contributed by atoms with van der Waals surface area (Å²) < 4.78 is 0. The number of aromatic nitrogens is 3. The van der Waals surface area contributed by atoms with Crippen LogP contribution in [-0.4, -0.2) is 15.0 Å². The number of nitrogens with one attached hydrogen (secondary N) is 1. The molecule has 0 fully saturated rings. The van der Waals surface area contributed by atoms with E-state index in [1.165, 1.54) is 22.1 Å². The maximum Gasteiger partial charge on any atom is 0.0466 e. The molecule has 0 unspecified atom stereocenters. The molecule has 0 saturated carbocycles. The third kappa shape index (κ3) is 2.48. The molecule has 0 amide bonds. The summed E-state index contributed by atoms with van der Waals surface area (Å²) in [6.45, 7) is 6.19. The van der Waals surface area contributed by atoms with Crippen LogP contribution in [0, 0.1) is 20.8 Å². The van der Waals surface area contributed by atoms with Gasteiger partial charge in [-0.05, 0) is 73.9 Å². The van der Waals surface area contributed by atoms with Crippen molar-refractivity contribution in [3.63, 3.8) is 0 Å². The number of hydrogen-bond donors (Lipinski definition) is 1. The van der Waals surface area contributed by atoms with Crippen molar-refractivity contribution in [1.29, 1.82) is 0 Å².